The van der Waals surface area contributed by atoms with E-state index in [4.69, 9.17) is 0 Å². The van der Waals surface area contributed by atoms with Crippen LogP contribution in [-0.4, -0.2) is 4.98 Å². The highest BCUT2D eigenvalue weighted by Crippen LogP contribution is 2.24. The zero-order valence-electron chi connectivity index (χ0n) is 15.4. The van der Waals surface area contributed by atoms with Gasteiger partial charge in [-0.25, -0.2) is 0 Å². The van der Waals surface area contributed by atoms with E-state index in [0.29, 0.717) is 5.92 Å². The van der Waals surface area contributed by atoms with Crippen LogP contribution < -0.4 is 5.32 Å². The maximum Gasteiger partial charge on any atom is 0.0604 e. The van der Waals surface area contributed by atoms with Gasteiger partial charge in [-0.05, 0) is 41.0 Å². The van der Waals surface area contributed by atoms with Crippen molar-refractivity contribution in [1.82, 2.24) is 10.3 Å². The number of nitrogens with zero attached hydrogens (tertiary/aromatic N) is 1. The molecule has 1 atom stereocenters. The number of hydrogen-bond donors (Lipinski definition) is 1. The normalized spacial score (nSPS) is 13.3. The highest BCUT2D eigenvalue weighted by Gasteiger charge is 2.18. The molecule has 2 rings (SSSR count). The van der Waals surface area contributed by atoms with E-state index in [1.54, 1.807) is 0 Å². The Labute approximate surface area is 141 Å². The Morgan fingerprint density at radius 2 is 1.70 bits per heavy atom. The zero-order chi connectivity index (χ0) is 17.0. The quantitative estimate of drug-likeness (QED) is 0.823. The van der Waals surface area contributed by atoms with Crippen LogP contribution in [0.2, 0.25) is 0 Å². The summed E-state index contributed by atoms with van der Waals surface area (Å²) in [5.74, 6) is 0.498. The topological polar surface area (TPSA) is 24.9 Å². The third-order valence-corrected chi connectivity index (χ3v) is 4.36. The van der Waals surface area contributed by atoms with Gasteiger partial charge in [-0.3, -0.25) is 4.98 Å². The van der Waals surface area contributed by atoms with Gasteiger partial charge in [0, 0.05) is 12.7 Å². The largest absolute Gasteiger partial charge is 0.304 e. The fourth-order valence-electron chi connectivity index (χ4n) is 2.82. The van der Waals surface area contributed by atoms with E-state index in [-0.39, 0.29) is 11.5 Å². The summed E-state index contributed by atoms with van der Waals surface area (Å²) in [6, 6.07) is 13.4. The van der Waals surface area contributed by atoms with E-state index >= 15 is 0 Å². The monoisotopic (exact) mass is 310 g/mol. The summed E-state index contributed by atoms with van der Waals surface area (Å²) in [6.07, 6.45) is 1.89. The van der Waals surface area contributed by atoms with E-state index in [0.717, 1.165) is 12.2 Å². The second-order valence-electron chi connectivity index (χ2n) is 7.76. The minimum absolute atomic E-state index is 0.206. The molecule has 1 heterocycles. The molecule has 0 spiro atoms. The summed E-state index contributed by atoms with van der Waals surface area (Å²) < 4.78 is 0. The van der Waals surface area contributed by atoms with Crippen molar-refractivity contribution in [2.24, 2.45) is 5.92 Å². The molecule has 0 amide bonds. The van der Waals surface area contributed by atoms with Gasteiger partial charge in [-0.1, -0.05) is 65.0 Å². The van der Waals surface area contributed by atoms with Crippen molar-refractivity contribution in [3.05, 3.63) is 65.0 Å². The molecular weight excluding hydrogens is 280 g/mol. The molecule has 2 aromatic rings. The molecule has 124 valence electrons. The number of aryl methyl sites for hydroxylation is 1. The van der Waals surface area contributed by atoms with Crippen LogP contribution >= 0.6 is 0 Å². The Hall–Kier alpha value is -1.67. The molecule has 1 aromatic heterocycles. The summed E-state index contributed by atoms with van der Waals surface area (Å²) in [4.78, 5) is 4.60. The van der Waals surface area contributed by atoms with Crippen molar-refractivity contribution in [2.75, 3.05) is 0 Å². The van der Waals surface area contributed by atoms with Crippen LogP contribution in [-0.2, 0) is 12.0 Å². The Kier molecular flexibility index (Phi) is 5.59. The van der Waals surface area contributed by atoms with Crippen LogP contribution in [0.25, 0.3) is 0 Å². The van der Waals surface area contributed by atoms with Crippen molar-refractivity contribution >= 4 is 0 Å². The molecule has 1 N–H and O–H groups in total. The molecule has 0 radical (unpaired) electrons. The first-order valence-electron chi connectivity index (χ1n) is 8.53. The van der Waals surface area contributed by atoms with Crippen LogP contribution in [0.4, 0.5) is 0 Å². The lowest BCUT2D eigenvalue weighted by atomic mass is 9.86. The number of rotatable bonds is 5. The lowest BCUT2D eigenvalue weighted by molar-refractivity contribution is 0.400. The minimum atomic E-state index is 0.206. The molecule has 0 bridgehead atoms. The molecule has 0 saturated carbocycles. The summed E-state index contributed by atoms with van der Waals surface area (Å²) >= 11 is 0. The maximum atomic E-state index is 4.60. The van der Waals surface area contributed by atoms with E-state index in [1.165, 1.54) is 16.7 Å². The molecule has 2 heteroatoms. The van der Waals surface area contributed by atoms with Gasteiger partial charge < -0.3 is 5.32 Å². The Morgan fingerprint density at radius 3 is 2.22 bits per heavy atom. The van der Waals surface area contributed by atoms with Gasteiger partial charge in [0.2, 0.25) is 0 Å². The average molecular weight is 310 g/mol. The fraction of sp³-hybridized carbons (Fsp3) is 0.476. The molecule has 23 heavy (non-hydrogen) atoms. The summed E-state index contributed by atoms with van der Waals surface area (Å²) in [7, 11) is 0. The average Bonchev–Trinajstić information content (AvgIpc) is 2.48. The number of benzene rings is 1. The Bertz CT molecular complexity index is 621. The Morgan fingerprint density at radius 1 is 1.04 bits per heavy atom. The van der Waals surface area contributed by atoms with E-state index in [2.05, 4.69) is 82.2 Å². The first kappa shape index (κ1) is 17.7. The molecule has 0 aliphatic carbocycles. The predicted molar refractivity (Wildman–Crippen MR) is 98.5 cm³/mol. The molecule has 2 nitrogen and oxygen atoms in total. The van der Waals surface area contributed by atoms with Gasteiger partial charge in [0.15, 0.2) is 0 Å². The molecular formula is C21H30N2. The third-order valence-electron chi connectivity index (χ3n) is 4.36. The number of nitrogens with one attached hydrogen (secondary N) is 1. The van der Waals surface area contributed by atoms with Gasteiger partial charge in [-0.15, -0.1) is 0 Å². The van der Waals surface area contributed by atoms with Gasteiger partial charge in [0.1, 0.15) is 0 Å². The number of hydrogen-bond acceptors (Lipinski definition) is 2. The highest BCUT2D eigenvalue weighted by molar-refractivity contribution is 5.28. The minimum Gasteiger partial charge on any atom is -0.304 e. The summed E-state index contributed by atoms with van der Waals surface area (Å²) in [5, 5.41) is 3.69. The summed E-state index contributed by atoms with van der Waals surface area (Å²) in [5.41, 5.74) is 5.31. The highest BCUT2D eigenvalue weighted by atomic mass is 14.9. The van der Waals surface area contributed by atoms with Crippen molar-refractivity contribution in [3.63, 3.8) is 0 Å². The van der Waals surface area contributed by atoms with Gasteiger partial charge in [-0.2, -0.15) is 0 Å². The number of pyridine rings is 1. The Balaban J connectivity index is 2.09. The van der Waals surface area contributed by atoms with Crippen molar-refractivity contribution in [3.8, 4) is 0 Å². The van der Waals surface area contributed by atoms with Gasteiger partial charge in [0.25, 0.3) is 0 Å². The van der Waals surface area contributed by atoms with Crippen molar-refractivity contribution < 1.29 is 0 Å². The van der Waals surface area contributed by atoms with Crippen molar-refractivity contribution in [1.29, 1.82) is 0 Å². The zero-order valence-corrected chi connectivity index (χ0v) is 15.4. The maximum absolute atomic E-state index is 4.60. The number of aromatic nitrogens is 1. The molecule has 0 aliphatic rings. The van der Waals surface area contributed by atoms with Crippen LogP contribution in [0.3, 0.4) is 0 Å². The smallest absolute Gasteiger partial charge is 0.0604 e. The molecule has 1 unspecified atom stereocenters. The molecule has 1 aromatic carbocycles. The van der Waals surface area contributed by atoms with Crippen LogP contribution in [0.5, 0.6) is 0 Å². The molecule has 0 fully saturated rings. The molecule has 0 saturated heterocycles. The third kappa shape index (κ3) is 4.65. The second-order valence-corrected chi connectivity index (χ2v) is 7.76. The second kappa shape index (κ2) is 7.27. The van der Waals surface area contributed by atoms with Crippen LogP contribution in [0.15, 0.2) is 42.6 Å². The SMILES string of the molecule is Cc1cccnc1C(NCc1ccc(C(C)(C)C)cc1)C(C)C. The lowest BCUT2D eigenvalue weighted by Crippen LogP contribution is -2.27. The lowest BCUT2D eigenvalue weighted by Gasteiger charge is -2.24. The van der Waals surface area contributed by atoms with Crippen molar-refractivity contribution in [2.45, 2.75) is 59.5 Å². The predicted octanol–water partition coefficient (Wildman–Crippen LogP) is 5.17. The van der Waals surface area contributed by atoms with Gasteiger partial charge >= 0.3 is 0 Å². The first-order valence-corrected chi connectivity index (χ1v) is 8.53. The van der Waals surface area contributed by atoms with Gasteiger partial charge in [0.05, 0.1) is 11.7 Å². The van der Waals surface area contributed by atoms with E-state index in [9.17, 15) is 0 Å². The standard InChI is InChI=1S/C21H30N2/c1-15(2)19(20-16(3)8-7-13-22-20)23-14-17-9-11-18(12-10-17)21(4,5)6/h7-13,15,19,23H,14H2,1-6H3. The molecule has 0 aliphatic heterocycles. The van der Waals surface area contributed by atoms with E-state index in [1.807, 2.05) is 12.3 Å². The summed E-state index contributed by atoms with van der Waals surface area (Å²) in [6.45, 7) is 14.2. The first-order chi connectivity index (χ1) is 10.8. The van der Waals surface area contributed by atoms with Crippen LogP contribution in [0, 0.1) is 12.8 Å². The van der Waals surface area contributed by atoms with Crippen LogP contribution in [0.1, 0.15) is 63.0 Å². The van der Waals surface area contributed by atoms with E-state index < -0.39 is 0 Å². The fourth-order valence-corrected chi connectivity index (χ4v) is 2.82.